The lowest BCUT2D eigenvalue weighted by atomic mass is 10.1. The molecule has 4 heteroatoms. The maximum atomic E-state index is 5.12. The molecule has 1 aliphatic carbocycles. The highest BCUT2D eigenvalue weighted by molar-refractivity contribution is 5.79. The first-order valence-electron chi connectivity index (χ1n) is 7.25. The normalized spacial score (nSPS) is 23.2. The average Bonchev–Trinajstić information content (AvgIpc) is 3.24. The lowest BCUT2D eigenvalue weighted by Crippen LogP contribution is -2.44. The number of nitrogens with zero attached hydrogens (tertiary/aromatic N) is 1. The summed E-state index contributed by atoms with van der Waals surface area (Å²) in [5.74, 6) is 2.28. The molecule has 2 rings (SSSR count). The molecule has 0 aliphatic heterocycles. The van der Waals surface area contributed by atoms with Crippen LogP contribution < -0.4 is 10.6 Å². The number of guanidine groups is 1. The quantitative estimate of drug-likeness (QED) is 0.616. The second-order valence-corrected chi connectivity index (χ2v) is 5.47. The van der Waals surface area contributed by atoms with E-state index in [0.717, 1.165) is 12.5 Å². The van der Waals surface area contributed by atoms with Gasteiger partial charge in [0.1, 0.15) is 0 Å². The van der Waals surface area contributed by atoms with E-state index in [0.29, 0.717) is 18.4 Å². The third-order valence-corrected chi connectivity index (χ3v) is 3.71. The molecule has 0 radical (unpaired) electrons. The van der Waals surface area contributed by atoms with Crippen molar-refractivity contribution in [1.29, 1.82) is 0 Å². The van der Waals surface area contributed by atoms with Crippen LogP contribution in [0.4, 0.5) is 0 Å². The van der Waals surface area contributed by atoms with Gasteiger partial charge < -0.3 is 15.4 Å². The smallest absolute Gasteiger partial charge is 0.191 e. The predicted octanol–water partition coefficient (Wildman–Crippen LogP) is 1.99. The van der Waals surface area contributed by atoms with E-state index in [2.05, 4.69) is 52.9 Å². The van der Waals surface area contributed by atoms with Crippen LogP contribution in [0.15, 0.2) is 35.3 Å². The SMILES string of the molecule is CN=C(NCC1CC1c1ccccc1)NC(C)COC. The van der Waals surface area contributed by atoms with Gasteiger partial charge in [0.2, 0.25) is 0 Å². The van der Waals surface area contributed by atoms with E-state index < -0.39 is 0 Å². The Hall–Kier alpha value is -1.55. The number of ether oxygens (including phenoxy) is 1. The van der Waals surface area contributed by atoms with Crippen LogP contribution in [0.3, 0.4) is 0 Å². The maximum Gasteiger partial charge on any atom is 0.191 e. The van der Waals surface area contributed by atoms with E-state index in [1.165, 1.54) is 12.0 Å². The summed E-state index contributed by atoms with van der Waals surface area (Å²) in [7, 11) is 3.51. The predicted molar refractivity (Wildman–Crippen MR) is 83.1 cm³/mol. The zero-order valence-electron chi connectivity index (χ0n) is 12.6. The van der Waals surface area contributed by atoms with E-state index in [1.54, 1.807) is 14.2 Å². The Kier molecular flexibility index (Phi) is 5.41. The minimum absolute atomic E-state index is 0.260. The number of benzene rings is 1. The summed E-state index contributed by atoms with van der Waals surface area (Å²) in [6.07, 6.45) is 1.27. The zero-order valence-corrected chi connectivity index (χ0v) is 12.6. The molecule has 0 aromatic heterocycles. The molecule has 20 heavy (non-hydrogen) atoms. The highest BCUT2D eigenvalue weighted by Crippen LogP contribution is 2.46. The summed E-state index contributed by atoms with van der Waals surface area (Å²) in [5.41, 5.74) is 1.45. The highest BCUT2D eigenvalue weighted by atomic mass is 16.5. The maximum absolute atomic E-state index is 5.12. The van der Waals surface area contributed by atoms with Crippen LogP contribution in [-0.2, 0) is 4.74 Å². The van der Waals surface area contributed by atoms with E-state index in [1.807, 2.05) is 0 Å². The molecular weight excluding hydrogens is 250 g/mol. The molecule has 1 aromatic rings. The standard InChI is InChI=1S/C16H25N3O/c1-12(11-20-3)19-16(17-2)18-10-14-9-15(14)13-7-5-4-6-8-13/h4-8,12,14-15H,9-11H2,1-3H3,(H2,17,18,19). The van der Waals surface area contributed by atoms with Gasteiger partial charge in [-0.3, -0.25) is 4.99 Å². The minimum atomic E-state index is 0.260. The van der Waals surface area contributed by atoms with Crippen molar-refractivity contribution in [1.82, 2.24) is 10.6 Å². The number of hydrogen-bond acceptors (Lipinski definition) is 2. The summed E-state index contributed by atoms with van der Waals surface area (Å²) in [5, 5.41) is 6.72. The average molecular weight is 275 g/mol. The minimum Gasteiger partial charge on any atom is -0.383 e. The van der Waals surface area contributed by atoms with Gasteiger partial charge in [0.15, 0.2) is 5.96 Å². The second kappa shape index (κ2) is 7.29. The fourth-order valence-electron chi connectivity index (χ4n) is 2.53. The van der Waals surface area contributed by atoms with E-state index in [9.17, 15) is 0 Å². The van der Waals surface area contributed by atoms with Gasteiger partial charge >= 0.3 is 0 Å². The van der Waals surface area contributed by atoms with Crippen molar-refractivity contribution in [2.75, 3.05) is 27.3 Å². The topological polar surface area (TPSA) is 45.7 Å². The van der Waals surface area contributed by atoms with Crippen molar-refractivity contribution in [2.24, 2.45) is 10.9 Å². The van der Waals surface area contributed by atoms with E-state index in [4.69, 9.17) is 4.74 Å². The van der Waals surface area contributed by atoms with Gasteiger partial charge in [0.05, 0.1) is 6.61 Å². The fourth-order valence-corrected chi connectivity index (χ4v) is 2.53. The van der Waals surface area contributed by atoms with Gasteiger partial charge in [-0.15, -0.1) is 0 Å². The molecule has 0 saturated heterocycles. The lowest BCUT2D eigenvalue weighted by Gasteiger charge is -2.17. The van der Waals surface area contributed by atoms with Crippen molar-refractivity contribution in [2.45, 2.75) is 25.3 Å². The Morgan fingerprint density at radius 2 is 2.15 bits per heavy atom. The molecule has 1 aromatic carbocycles. The molecule has 0 heterocycles. The molecular formula is C16H25N3O. The lowest BCUT2D eigenvalue weighted by molar-refractivity contribution is 0.179. The molecule has 2 N–H and O–H groups in total. The van der Waals surface area contributed by atoms with Crippen LogP contribution >= 0.6 is 0 Å². The van der Waals surface area contributed by atoms with Crippen molar-refractivity contribution in [3.05, 3.63) is 35.9 Å². The Labute approximate surface area is 121 Å². The number of aliphatic imine (C=N–C) groups is 1. The largest absolute Gasteiger partial charge is 0.383 e. The molecule has 1 fully saturated rings. The van der Waals surface area contributed by atoms with Crippen LogP contribution in [0.1, 0.15) is 24.8 Å². The molecule has 110 valence electrons. The van der Waals surface area contributed by atoms with Crippen LogP contribution in [0.2, 0.25) is 0 Å². The van der Waals surface area contributed by atoms with Crippen LogP contribution in [0, 0.1) is 5.92 Å². The third-order valence-electron chi connectivity index (χ3n) is 3.71. The van der Waals surface area contributed by atoms with Gasteiger partial charge in [-0.1, -0.05) is 30.3 Å². The molecule has 4 nitrogen and oxygen atoms in total. The zero-order chi connectivity index (χ0) is 14.4. The number of hydrogen-bond donors (Lipinski definition) is 2. The molecule has 3 unspecified atom stereocenters. The summed E-state index contributed by atoms with van der Waals surface area (Å²) in [4.78, 5) is 4.25. The molecule has 0 amide bonds. The Balaban J connectivity index is 1.73. The van der Waals surface area contributed by atoms with Gasteiger partial charge in [-0.25, -0.2) is 0 Å². The molecule has 1 aliphatic rings. The van der Waals surface area contributed by atoms with Crippen molar-refractivity contribution in [3.8, 4) is 0 Å². The van der Waals surface area contributed by atoms with Crippen molar-refractivity contribution < 1.29 is 4.74 Å². The molecule has 3 atom stereocenters. The van der Waals surface area contributed by atoms with Crippen LogP contribution in [0.5, 0.6) is 0 Å². The summed E-state index contributed by atoms with van der Waals surface area (Å²) in [6, 6.07) is 11.0. The first kappa shape index (κ1) is 14.9. The summed E-state index contributed by atoms with van der Waals surface area (Å²) >= 11 is 0. The molecule has 0 bridgehead atoms. The fraction of sp³-hybridized carbons (Fsp3) is 0.562. The third kappa shape index (κ3) is 4.23. The van der Waals surface area contributed by atoms with Gasteiger partial charge in [-0.05, 0) is 30.7 Å². The van der Waals surface area contributed by atoms with E-state index in [-0.39, 0.29) is 6.04 Å². The molecule has 1 saturated carbocycles. The number of rotatable bonds is 6. The highest BCUT2D eigenvalue weighted by Gasteiger charge is 2.37. The van der Waals surface area contributed by atoms with Gasteiger partial charge in [0.25, 0.3) is 0 Å². The monoisotopic (exact) mass is 275 g/mol. The van der Waals surface area contributed by atoms with Gasteiger partial charge in [-0.2, -0.15) is 0 Å². The first-order chi connectivity index (χ1) is 9.74. The van der Waals surface area contributed by atoms with Gasteiger partial charge in [0, 0.05) is 26.7 Å². The second-order valence-electron chi connectivity index (χ2n) is 5.47. The number of methoxy groups -OCH3 is 1. The Bertz CT molecular complexity index is 433. The number of nitrogens with one attached hydrogen (secondary N) is 2. The first-order valence-corrected chi connectivity index (χ1v) is 7.25. The van der Waals surface area contributed by atoms with Crippen LogP contribution in [-0.4, -0.2) is 39.3 Å². The Morgan fingerprint density at radius 3 is 2.80 bits per heavy atom. The van der Waals surface area contributed by atoms with Crippen molar-refractivity contribution in [3.63, 3.8) is 0 Å². The van der Waals surface area contributed by atoms with Crippen LogP contribution in [0.25, 0.3) is 0 Å². The van der Waals surface area contributed by atoms with Crippen molar-refractivity contribution >= 4 is 5.96 Å². The summed E-state index contributed by atoms with van der Waals surface area (Å²) in [6.45, 7) is 3.73. The summed E-state index contributed by atoms with van der Waals surface area (Å²) < 4.78 is 5.12. The molecule has 0 spiro atoms. The van der Waals surface area contributed by atoms with E-state index >= 15 is 0 Å². The Morgan fingerprint density at radius 1 is 1.40 bits per heavy atom.